The third kappa shape index (κ3) is 4.85. The van der Waals surface area contributed by atoms with Crippen LogP contribution in [0.1, 0.15) is 68.2 Å². The van der Waals surface area contributed by atoms with Crippen molar-refractivity contribution in [2.45, 2.75) is 57.9 Å². The summed E-state index contributed by atoms with van der Waals surface area (Å²) in [6.45, 7) is 9.32. The van der Waals surface area contributed by atoms with E-state index in [-0.39, 0.29) is 11.0 Å². The number of hydrogen-bond acceptors (Lipinski definition) is 6. The van der Waals surface area contributed by atoms with Crippen LogP contribution in [0.25, 0.3) is 11.1 Å². The Hall–Kier alpha value is -3.29. The molecule has 6 nitrogen and oxygen atoms in total. The van der Waals surface area contributed by atoms with E-state index in [9.17, 15) is 4.79 Å². The number of nitrogens with zero attached hydrogens (tertiary/aromatic N) is 2. The molecular weight excluding hydrogens is 480 g/mol. The lowest BCUT2D eigenvalue weighted by molar-refractivity contribution is 0.0528. The lowest BCUT2D eigenvalue weighted by atomic mass is 10.1. The first-order valence-corrected chi connectivity index (χ1v) is 15.0. The van der Waals surface area contributed by atoms with E-state index in [1.54, 1.807) is 0 Å². The molecule has 0 amide bonds. The molecule has 1 aliphatic carbocycles. The van der Waals surface area contributed by atoms with Gasteiger partial charge in [-0.15, -0.1) is 0 Å². The van der Waals surface area contributed by atoms with Crippen molar-refractivity contribution in [3.05, 3.63) is 83.7 Å². The summed E-state index contributed by atoms with van der Waals surface area (Å²) in [5.74, 6) is 0.0127. The molecule has 37 heavy (non-hydrogen) atoms. The minimum atomic E-state index is -2.68. The first-order chi connectivity index (χ1) is 17.8. The lowest BCUT2D eigenvalue weighted by Gasteiger charge is -2.43. The minimum Gasteiger partial charge on any atom is -0.462 e. The molecule has 0 radical (unpaired) electrons. The Balaban J connectivity index is 1.51. The number of aromatic nitrogens is 2. The van der Waals surface area contributed by atoms with Crippen molar-refractivity contribution in [1.82, 2.24) is 10.1 Å². The van der Waals surface area contributed by atoms with Crippen molar-refractivity contribution in [1.29, 1.82) is 0 Å². The van der Waals surface area contributed by atoms with Crippen molar-refractivity contribution in [3.63, 3.8) is 0 Å². The van der Waals surface area contributed by atoms with E-state index in [4.69, 9.17) is 13.7 Å². The molecule has 192 valence electrons. The van der Waals surface area contributed by atoms with Crippen molar-refractivity contribution in [3.8, 4) is 0 Å². The van der Waals surface area contributed by atoms with Crippen LogP contribution in [-0.4, -0.2) is 37.6 Å². The first kappa shape index (κ1) is 25.4. The first-order valence-electron chi connectivity index (χ1n) is 13.1. The molecule has 0 bridgehead atoms. The van der Waals surface area contributed by atoms with Gasteiger partial charge in [-0.3, -0.25) is 0 Å². The SMILES string of the molecule is CCOC(=O)c1cc(C2CC2)nc2onc(CCO[Si](c3ccccc3)(c3ccccc3)C(C)(C)C)c12. The Morgan fingerprint density at radius 1 is 1.03 bits per heavy atom. The molecule has 2 aromatic heterocycles. The van der Waals surface area contributed by atoms with Gasteiger partial charge in [0.1, 0.15) is 0 Å². The maximum Gasteiger partial charge on any atom is 0.339 e. The summed E-state index contributed by atoms with van der Waals surface area (Å²) >= 11 is 0. The highest BCUT2D eigenvalue weighted by Crippen LogP contribution is 2.41. The number of hydrogen-bond donors (Lipinski definition) is 0. The molecule has 0 N–H and O–H groups in total. The molecule has 0 atom stereocenters. The zero-order valence-electron chi connectivity index (χ0n) is 22.0. The molecule has 5 rings (SSSR count). The third-order valence-electron chi connectivity index (χ3n) is 7.10. The summed E-state index contributed by atoms with van der Waals surface area (Å²) in [6, 6.07) is 23.0. The average molecular weight is 515 g/mol. The highest BCUT2D eigenvalue weighted by molar-refractivity contribution is 6.99. The van der Waals surface area contributed by atoms with E-state index >= 15 is 0 Å². The van der Waals surface area contributed by atoms with Crippen LogP contribution in [0.4, 0.5) is 0 Å². The van der Waals surface area contributed by atoms with Crippen LogP contribution in [0.15, 0.2) is 71.3 Å². The highest BCUT2D eigenvalue weighted by Gasteiger charge is 2.50. The number of esters is 1. The number of pyridine rings is 1. The smallest absolute Gasteiger partial charge is 0.339 e. The van der Waals surface area contributed by atoms with Gasteiger partial charge in [-0.2, -0.15) is 0 Å². The Kier molecular flexibility index (Phi) is 7.01. The van der Waals surface area contributed by atoms with Crippen molar-refractivity contribution in [2.24, 2.45) is 0 Å². The number of carbonyl (C=O) groups excluding carboxylic acids is 1. The molecule has 2 heterocycles. The fourth-order valence-electron chi connectivity index (χ4n) is 5.22. The second-order valence-electron chi connectivity index (χ2n) is 10.7. The fourth-order valence-corrected chi connectivity index (χ4v) is 9.78. The molecule has 7 heteroatoms. The van der Waals surface area contributed by atoms with Crippen molar-refractivity contribution < 1.29 is 18.5 Å². The van der Waals surface area contributed by atoms with E-state index in [1.165, 1.54) is 10.4 Å². The zero-order chi connectivity index (χ0) is 26.0. The van der Waals surface area contributed by atoms with Gasteiger partial charge in [0.15, 0.2) is 0 Å². The summed E-state index contributed by atoms with van der Waals surface area (Å²) in [5.41, 5.74) is 2.43. The Morgan fingerprint density at radius 2 is 1.65 bits per heavy atom. The number of fused-ring (bicyclic) bond motifs is 1. The van der Waals surface area contributed by atoms with E-state index in [0.717, 1.165) is 18.5 Å². The second-order valence-corrected chi connectivity index (χ2v) is 15.0. The van der Waals surface area contributed by atoms with Gasteiger partial charge in [-0.25, -0.2) is 9.78 Å². The molecular formula is C30H34N2O4Si. The lowest BCUT2D eigenvalue weighted by Crippen LogP contribution is -2.66. The minimum absolute atomic E-state index is 0.127. The maximum atomic E-state index is 12.9. The topological polar surface area (TPSA) is 74.5 Å². The molecule has 0 spiro atoms. The van der Waals surface area contributed by atoms with Crippen LogP contribution in [0.3, 0.4) is 0 Å². The largest absolute Gasteiger partial charge is 0.462 e. The van der Waals surface area contributed by atoms with E-state index in [0.29, 0.717) is 47.9 Å². The fraction of sp³-hybridized carbons (Fsp3) is 0.367. The van der Waals surface area contributed by atoms with Crippen LogP contribution in [0.2, 0.25) is 5.04 Å². The zero-order valence-corrected chi connectivity index (χ0v) is 23.0. The number of carbonyl (C=O) groups is 1. The van der Waals surface area contributed by atoms with Crippen LogP contribution >= 0.6 is 0 Å². The monoisotopic (exact) mass is 514 g/mol. The third-order valence-corrected chi connectivity index (χ3v) is 12.1. The normalized spacial score (nSPS) is 14.2. The summed E-state index contributed by atoms with van der Waals surface area (Å²) in [4.78, 5) is 17.6. The molecule has 0 aliphatic heterocycles. The van der Waals surface area contributed by atoms with Gasteiger partial charge in [-0.1, -0.05) is 86.6 Å². The molecule has 1 aliphatic rings. The van der Waals surface area contributed by atoms with Crippen molar-refractivity contribution >= 4 is 35.8 Å². The predicted molar refractivity (Wildman–Crippen MR) is 147 cm³/mol. The standard InChI is InChI=1S/C30H34N2O4Si/c1-5-34-29(33)24-20-26(21-16-17-21)31-28-27(24)25(32-36-28)18-19-35-37(30(2,3)4,22-12-8-6-9-13-22)23-14-10-7-11-15-23/h6-15,20-21H,5,16-19H2,1-4H3. The maximum absolute atomic E-state index is 12.9. The van der Waals surface area contributed by atoms with Gasteiger partial charge in [0, 0.05) is 24.6 Å². The van der Waals surface area contributed by atoms with Crippen LogP contribution in [0.5, 0.6) is 0 Å². The van der Waals surface area contributed by atoms with Crippen LogP contribution in [0, 0.1) is 0 Å². The van der Waals surface area contributed by atoms with Gasteiger partial charge in [0.05, 0.1) is 23.3 Å². The van der Waals surface area contributed by atoms with Gasteiger partial charge in [0.2, 0.25) is 0 Å². The Bertz CT molecular complexity index is 1340. The van der Waals surface area contributed by atoms with E-state index in [2.05, 4.69) is 79.4 Å². The van der Waals surface area contributed by atoms with Crippen LogP contribution < -0.4 is 10.4 Å². The molecule has 4 aromatic rings. The molecule has 1 saturated carbocycles. The summed E-state index contributed by atoms with van der Waals surface area (Å²) in [7, 11) is -2.68. The Labute approximate surface area is 219 Å². The number of rotatable bonds is 9. The highest BCUT2D eigenvalue weighted by atomic mass is 28.4. The summed E-state index contributed by atoms with van der Waals surface area (Å²) < 4.78 is 18.0. The molecule has 2 aromatic carbocycles. The quantitative estimate of drug-likeness (QED) is 0.220. The van der Waals surface area contributed by atoms with E-state index < -0.39 is 8.32 Å². The summed E-state index contributed by atoms with van der Waals surface area (Å²) in [6.07, 6.45) is 2.65. The Morgan fingerprint density at radius 3 is 2.19 bits per heavy atom. The number of benzene rings is 2. The van der Waals surface area contributed by atoms with Gasteiger partial charge < -0.3 is 13.7 Å². The second kappa shape index (κ2) is 10.2. The number of ether oxygens (including phenoxy) is 1. The van der Waals surface area contributed by atoms with Gasteiger partial charge in [0.25, 0.3) is 14.0 Å². The van der Waals surface area contributed by atoms with E-state index in [1.807, 2.05) is 25.1 Å². The van der Waals surface area contributed by atoms with Crippen molar-refractivity contribution in [2.75, 3.05) is 13.2 Å². The molecule has 1 fully saturated rings. The summed E-state index contributed by atoms with van der Waals surface area (Å²) in [5, 5.41) is 7.29. The van der Waals surface area contributed by atoms with Crippen LogP contribution in [-0.2, 0) is 15.6 Å². The molecule has 0 saturated heterocycles. The van der Waals surface area contributed by atoms with Gasteiger partial charge in [-0.05, 0) is 41.2 Å². The van der Waals surface area contributed by atoms with Gasteiger partial charge >= 0.3 is 5.97 Å². The average Bonchev–Trinajstić information content (AvgIpc) is 3.67. The molecule has 0 unspecified atom stereocenters. The predicted octanol–water partition coefficient (Wildman–Crippen LogP) is 5.40.